The van der Waals surface area contributed by atoms with Crippen LogP contribution in [0.1, 0.15) is 16.2 Å². The van der Waals surface area contributed by atoms with Crippen LogP contribution in [0.3, 0.4) is 0 Å². The van der Waals surface area contributed by atoms with Crippen molar-refractivity contribution in [3.8, 4) is 10.6 Å². The number of H-pyrrole nitrogens is 1. The van der Waals surface area contributed by atoms with Crippen molar-refractivity contribution >= 4 is 17.2 Å². The largest absolute Gasteiger partial charge is 0.459 e. The molecular weight excluding hydrogens is 274 g/mol. The van der Waals surface area contributed by atoms with Gasteiger partial charge in [-0.2, -0.15) is 0 Å². The van der Waals surface area contributed by atoms with Crippen LogP contribution in [0.25, 0.3) is 10.6 Å². The van der Waals surface area contributed by atoms with Crippen LogP contribution in [0.5, 0.6) is 0 Å². The topological polar surface area (TPSA) is 70.9 Å². The summed E-state index contributed by atoms with van der Waals surface area (Å²) in [6, 6.07) is 7.37. The Kier molecular flexibility index (Phi) is 3.64. The number of nitrogens with one attached hydrogen (secondary N) is 2. The highest BCUT2D eigenvalue weighted by atomic mass is 32.1. The number of carbonyl (C=O) groups excluding carboxylic acids is 1. The molecule has 0 radical (unpaired) electrons. The van der Waals surface area contributed by atoms with Gasteiger partial charge in [-0.25, -0.2) is 4.98 Å². The van der Waals surface area contributed by atoms with Gasteiger partial charge in [-0.05, 0) is 23.6 Å². The lowest BCUT2D eigenvalue weighted by molar-refractivity contribution is 0.0926. The number of furan rings is 1. The summed E-state index contributed by atoms with van der Waals surface area (Å²) in [5.74, 6) is 0.125. The maximum absolute atomic E-state index is 11.7. The Bertz CT molecular complexity index is 671. The van der Waals surface area contributed by atoms with Gasteiger partial charge in [0.2, 0.25) is 0 Å². The molecule has 3 aromatic rings. The SMILES string of the molecule is O=C(NCCc1[nH]cnc1-c1cccs1)c1ccco1. The zero-order chi connectivity index (χ0) is 13.8. The number of hydrogen-bond donors (Lipinski definition) is 2. The number of imidazole rings is 1. The molecule has 20 heavy (non-hydrogen) atoms. The lowest BCUT2D eigenvalue weighted by Crippen LogP contribution is -2.25. The molecule has 0 aromatic carbocycles. The minimum absolute atomic E-state index is 0.202. The van der Waals surface area contributed by atoms with E-state index in [4.69, 9.17) is 4.42 Å². The van der Waals surface area contributed by atoms with E-state index in [0.717, 1.165) is 16.3 Å². The van der Waals surface area contributed by atoms with Crippen molar-refractivity contribution in [3.63, 3.8) is 0 Å². The number of nitrogens with zero attached hydrogens (tertiary/aromatic N) is 1. The molecule has 0 aliphatic carbocycles. The van der Waals surface area contributed by atoms with E-state index >= 15 is 0 Å². The molecule has 1 amide bonds. The third-order valence-electron chi connectivity index (χ3n) is 2.88. The summed E-state index contributed by atoms with van der Waals surface area (Å²) in [5.41, 5.74) is 1.97. The molecule has 0 atom stereocenters. The Morgan fingerprint density at radius 3 is 3.10 bits per heavy atom. The molecule has 0 saturated carbocycles. The first kappa shape index (κ1) is 12.7. The Morgan fingerprint density at radius 1 is 1.40 bits per heavy atom. The first-order valence-corrected chi connectivity index (χ1v) is 7.10. The Morgan fingerprint density at radius 2 is 2.35 bits per heavy atom. The fraction of sp³-hybridized carbons (Fsp3) is 0.143. The van der Waals surface area contributed by atoms with Gasteiger partial charge < -0.3 is 14.7 Å². The highest BCUT2D eigenvalue weighted by molar-refractivity contribution is 7.13. The minimum Gasteiger partial charge on any atom is -0.459 e. The van der Waals surface area contributed by atoms with E-state index in [1.807, 2.05) is 17.5 Å². The van der Waals surface area contributed by atoms with E-state index in [1.54, 1.807) is 29.8 Å². The molecule has 5 nitrogen and oxygen atoms in total. The standard InChI is InChI=1S/C14H13N3O2S/c18-14(11-3-1-7-19-11)15-6-5-10-13(17-9-16-10)12-4-2-8-20-12/h1-4,7-9H,5-6H2,(H,15,18)(H,16,17). The van der Waals surface area contributed by atoms with Crippen LogP contribution in [0, 0.1) is 0 Å². The summed E-state index contributed by atoms with van der Waals surface area (Å²) in [5, 5.41) is 4.84. The van der Waals surface area contributed by atoms with Crippen molar-refractivity contribution in [1.82, 2.24) is 15.3 Å². The summed E-state index contributed by atoms with van der Waals surface area (Å²) in [6.07, 6.45) is 3.86. The summed E-state index contributed by atoms with van der Waals surface area (Å²) in [6.45, 7) is 0.528. The van der Waals surface area contributed by atoms with Crippen LogP contribution >= 0.6 is 11.3 Å². The summed E-state index contributed by atoms with van der Waals surface area (Å²) in [7, 11) is 0. The van der Waals surface area contributed by atoms with Crippen LogP contribution in [0.2, 0.25) is 0 Å². The van der Waals surface area contributed by atoms with Gasteiger partial charge in [0.25, 0.3) is 5.91 Å². The smallest absolute Gasteiger partial charge is 0.286 e. The maximum Gasteiger partial charge on any atom is 0.286 e. The average Bonchev–Trinajstić information content (AvgIpc) is 3.20. The normalized spacial score (nSPS) is 10.6. The third kappa shape index (κ3) is 2.65. The molecular formula is C14H13N3O2S. The van der Waals surface area contributed by atoms with Crippen molar-refractivity contribution < 1.29 is 9.21 Å². The molecule has 102 valence electrons. The summed E-state index contributed by atoms with van der Waals surface area (Å²) >= 11 is 1.65. The summed E-state index contributed by atoms with van der Waals surface area (Å²) in [4.78, 5) is 20.3. The van der Waals surface area contributed by atoms with Gasteiger partial charge in [0.1, 0.15) is 5.69 Å². The van der Waals surface area contributed by atoms with E-state index in [9.17, 15) is 4.79 Å². The fourth-order valence-electron chi connectivity index (χ4n) is 1.93. The van der Waals surface area contributed by atoms with E-state index in [2.05, 4.69) is 15.3 Å². The second-order valence-electron chi connectivity index (χ2n) is 4.19. The molecule has 0 fully saturated rings. The van der Waals surface area contributed by atoms with Crippen molar-refractivity contribution in [2.75, 3.05) is 6.54 Å². The van der Waals surface area contributed by atoms with Crippen LogP contribution in [0.15, 0.2) is 46.7 Å². The van der Waals surface area contributed by atoms with Gasteiger partial charge in [0.05, 0.1) is 17.5 Å². The minimum atomic E-state index is -0.202. The first-order valence-electron chi connectivity index (χ1n) is 6.22. The molecule has 0 aliphatic heterocycles. The van der Waals surface area contributed by atoms with Crippen molar-refractivity contribution in [2.45, 2.75) is 6.42 Å². The molecule has 0 saturated heterocycles. The van der Waals surface area contributed by atoms with E-state index in [1.165, 1.54) is 6.26 Å². The number of aromatic nitrogens is 2. The lowest BCUT2D eigenvalue weighted by atomic mass is 10.2. The first-order chi connectivity index (χ1) is 9.84. The van der Waals surface area contributed by atoms with Gasteiger partial charge in [-0.15, -0.1) is 11.3 Å². The quantitative estimate of drug-likeness (QED) is 0.758. The molecule has 3 rings (SSSR count). The molecule has 0 unspecified atom stereocenters. The Hall–Kier alpha value is -2.34. The second-order valence-corrected chi connectivity index (χ2v) is 5.14. The van der Waals surface area contributed by atoms with Gasteiger partial charge in [0.15, 0.2) is 5.76 Å². The van der Waals surface area contributed by atoms with Crippen molar-refractivity contribution in [3.05, 3.63) is 53.7 Å². The number of thiophene rings is 1. The summed E-state index contributed by atoms with van der Waals surface area (Å²) < 4.78 is 5.04. The molecule has 0 bridgehead atoms. The molecule has 2 N–H and O–H groups in total. The highest BCUT2D eigenvalue weighted by Gasteiger charge is 2.11. The number of aromatic amines is 1. The van der Waals surface area contributed by atoms with E-state index in [0.29, 0.717) is 18.7 Å². The fourth-order valence-corrected chi connectivity index (χ4v) is 2.68. The molecule has 0 spiro atoms. The lowest BCUT2D eigenvalue weighted by Gasteiger charge is -2.03. The van der Waals surface area contributed by atoms with Crippen LogP contribution in [0.4, 0.5) is 0 Å². The van der Waals surface area contributed by atoms with Crippen LogP contribution in [-0.4, -0.2) is 22.4 Å². The van der Waals surface area contributed by atoms with Crippen LogP contribution in [-0.2, 0) is 6.42 Å². The number of hydrogen-bond acceptors (Lipinski definition) is 4. The molecule has 0 aliphatic rings. The molecule has 6 heteroatoms. The average molecular weight is 287 g/mol. The van der Waals surface area contributed by atoms with Gasteiger partial charge >= 0.3 is 0 Å². The predicted octanol–water partition coefficient (Wildman–Crippen LogP) is 2.70. The zero-order valence-electron chi connectivity index (χ0n) is 10.6. The maximum atomic E-state index is 11.7. The molecule has 3 aromatic heterocycles. The Labute approximate surface area is 119 Å². The number of amides is 1. The van der Waals surface area contributed by atoms with E-state index < -0.39 is 0 Å². The Balaban J connectivity index is 1.60. The van der Waals surface area contributed by atoms with Gasteiger partial charge in [-0.1, -0.05) is 6.07 Å². The van der Waals surface area contributed by atoms with Crippen molar-refractivity contribution in [2.24, 2.45) is 0 Å². The van der Waals surface area contributed by atoms with Gasteiger partial charge in [0, 0.05) is 18.7 Å². The predicted molar refractivity (Wildman–Crippen MR) is 76.6 cm³/mol. The monoisotopic (exact) mass is 287 g/mol. The third-order valence-corrected chi connectivity index (χ3v) is 3.75. The molecule has 3 heterocycles. The van der Waals surface area contributed by atoms with Crippen LogP contribution < -0.4 is 5.32 Å². The highest BCUT2D eigenvalue weighted by Crippen LogP contribution is 2.25. The number of rotatable bonds is 5. The zero-order valence-corrected chi connectivity index (χ0v) is 11.4. The van der Waals surface area contributed by atoms with Crippen molar-refractivity contribution in [1.29, 1.82) is 0 Å². The van der Waals surface area contributed by atoms with Gasteiger partial charge in [-0.3, -0.25) is 4.79 Å². The number of carbonyl (C=O) groups is 1. The second kappa shape index (κ2) is 5.75. The van der Waals surface area contributed by atoms with E-state index in [-0.39, 0.29) is 5.91 Å².